The summed E-state index contributed by atoms with van der Waals surface area (Å²) < 4.78 is 12.1. The number of carbonyl (C=O) groups excluding carboxylic acids is 1. The molecule has 1 heterocycles. The highest BCUT2D eigenvalue weighted by molar-refractivity contribution is 5.65. The Morgan fingerprint density at radius 3 is 2.41 bits per heavy atom. The van der Waals surface area contributed by atoms with Gasteiger partial charge in [-0.1, -0.05) is 25.7 Å². The molecular formula is C18H24O4. The minimum Gasteiger partial charge on any atom is -0.373 e. The molecule has 3 unspecified atom stereocenters. The lowest BCUT2D eigenvalue weighted by Crippen LogP contribution is -2.53. The van der Waals surface area contributed by atoms with Gasteiger partial charge in [-0.05, 0) is 44.6 Å². The van der Waals surface area contributed by atoms with Crippen LogP contribution in [0.25, 0.3) is 0 Å². The summed E-state index contributed by atoms with van der Waals surface area (Å²) in [4.78, 5) is 10.3. The first kappa shape index (κ1) is 17.0. The minimum atomic E-state index is -1.28. The summed E-state index contributed by atoms with van der Waals surface area (Å²) in [5.41, 5.74) is -1.14. The zero-order valence-corrected chi connectivity index (χ0v) is 13.8. The van der Waals surface area contributed by atoms with Crippen molar-refractivity contribution in [2.45, 2.75) is 64.6 Å². The van der Waals surface area contributed by atoms with E-state index in [2.05, 4.69) is 11.8 Å². The molecule has 4 nitrogen and oxygen atoms in total. The average Bonchev–Trinajstić information content (AvgIpc) is 2.66. The van der Waals surface area contributed by atoms with Crippen molar-refractivity contribution >= 4 is 6.29 Å². The van der Waals surface area contributed by atoms with Crippen LogP contribution >= 0.6 is 0 Å². The van der Waals surface area contributed by atoms with Crippen LogP contribution in [0.4, 0.5) is 0 Å². The molecule has 0 amide bonds. The summed E-state index contributed by atoms with van der Waals surface area (Å²) in [6, 6.07) is 0. The van der Waals surface area contributed by atoms with Crippen LogP contribution in [-0.2, 0) is 14.3 Å². The molecule has 1 saturated heterocycles. The first-order chi connectivity index (χ1) is 10.2. The molecule has 120 valence electrons. The maximum atomic E-state index is 11.1. The highest BCUT2D eigenvalue weighted by Crippen LogP contribution is 2.51. The highest BCUT2D eigenvalue weighted by Gasteiger charge is 2.56. The second kappa shape index (κ2) is 5.66. The van der Waals surface area contributed by atoms with Crippen molar-refractivity contribution in [1.82, 2.24) is 0 Å². The Balaban J connectivity index is 2.40. The minimum absolute atomic E-state index is 0.00708. The van der Waals surface area contributed by atoms with Gasteiger partial charge in [0, 0.05) is 11.8 Å². The number of ether oxygens (including phenoxy) is 2. The predicted octanol–water partition coefficient (Wildman–Crippen LogP) is 2.37. The highest BCUT2D eigenvalue weighted by atomic mass is 16.8. The Hall–Kier alpha value is -1.41. The molecule has 0 radical (unpaired) electrons. The van der Waals surface area contributed by atoms with E-state index >= 15 is 0 Å². The summed E-state index contributed by atoms with van der Waals surface area (Å²) in [6.45, 7) is 9.70. The van der Waals surface area contributed by atoms with Crippen molar-refractivity contribution in [3.05, 3.63) is 23.8 Å². The Kier molecular flexibility index (Phi) is 4.36. The molecular weight excluding hydrogens is 280 g/mol. The van der Waals surface area contributed by atoms with Crippen molar-refractivity contribution in [3.63, 3.8) is 0 Å². The maximum Gasteiger partial charge on any atom is 0.189 e. The summed E-state index contributed by atoms with van der Waals surface area (Å²) in [5, 5.41) is 11.1. The van der Waals surface area contributed by atoms with E-state index in [1.807, 2.05) is 40.7 Å². The molecule has 1 aliphatic carbocycles. The van der Waals surface area contributed by atoms with E-state index in [-0.39, 0.29) is 12.2 Å². The van der Waals surface area contributed by atoms with Crippen molar-refractivity contribution in [2.75, 3.05) is 0 Å². The molecule has 0 saturated carbocycles. The Bertz CT molecular complexity index is 566. The number of hydrogen-bond donors (Lipinski definition) is 1. The van der Waals surface area contributed by atoms with Gasteiger partial charge in [-0.2, -0.15) is 0 Å². The van der Waals surface area contributed by atoms with Gasteiger partial charge in [-0.15, -0.1) is 0 Å². The van der Waals surface area contributed by atoms with E-state index in [1.54, 1.807) is 0 Å². The van der Waals surface area contributed by atoms with Gasteiger partial charge in [0.05, 0.1) is 12.2 Å². The number of allylic oxidation sites excluding steroid dienone is 2. The Morgan fingerprint density at radius 2 is 1.91 bits per heavy atom. The molecule has 22 heavy (non-hydrogen) atoms. The van der Waals surface area contributed by atoms with E-state index in [1.165, 1.54) is 12.2 Å². The topological polar surface area (TPSA) is 55.8 Å². The monoisotopic (exact) mass is 304 g/mol. The molecule has 3 atom stereocenters. The lowest BCUT2D eigenvalue weighted by atomic mass is 9.63. The van der Waals surface area contributed by atoms with Crippen LogP contribution in [0.2, 0.25) is 0 Å². The zero-order chi connectivity index (χ0) is 16.6. The predicted molar refractivity (Wildman–Crippen MR) is 83.9 cm³/mol. The van der Waals surface area contributed by atoms with Gasteiger partial charge in [0.1, 0.15) is 6.29 Å². The Labute approximate surface area is 132 Å². The molecule has 1 fully saturated rings. The molecule has 0 bridgehead atoms. The third kappa shape index (κ3) is 2.77. The van der Waals surface area contributed by atoms with Crippen LogP contribution in [0.5, 0.6) is 0 Å². The molecule has 2 aliphatic rings. The van der Waals surface area contributed by atoms with Gasteiger partial charge in [0.25, 0.3) is 0 Å². The van der Waals surface area contributed by atoms with Crippen molar-refractivity contribution < 1.29 is 19.4 Å². The van der Waals surface area contributed by atoms with E-state index in [0.717, 1.165) is 0 Å². The quantitative estimate of drug-likeness (QED) is 0.350. The van der Waals surface area contributed by atoms with Crippen molar-refractivity contribution in [1.29, 1.82) is 0 Å². The van der Waals surface area contributed by atoms with Gasteiger partial charge in [0.2, 0.25) is 0 Å². The molecule has 2 rings (SSSR count). The number of rotatable bonds is 1. The van der Waals surface area contributed by atoms with Crippen molar-refractivity contribution in [3.8, 4) is 11.8 Å². The van der Waals surface area contributed by atoms with E-state index < -0.39 is 16.8 Å². The average molecular weight is 304 g/mol. The number of carbonyl (C=O) groups is 1. The van der Waals surface area contributed by atoms with E-state index in [4.69, 9.17) is 9.47 Å². The fraction of sp³-hybridized carbons (Fsp3) is 0.611. The van der Waals surface area contributed by atoms with Crippen LogP contribution in [0, 0.1) is 17.3 Å². The summed E-state index contributed by atoms with van der Waals surface area (Å²) in [6.07, 6.45) is 5.77. The van der Waals surface area contributed by atoms with Crippen LogP contribution in [0.1, 0.15) is 41.0 Å². The third-order valence-corrected chi connectivity index (χ3v) is 4.62. The van der Waals surface area contributed by atoms with Crippen LogP contribution in [-0.4, -0.2) is 35.0 Å². The van der Waals surface area contributed by atoms with Crippen LogP contribution < -0.4 is 0 Å². The fourth-order valence-electron chi connectivity index (χ4n) is 3.26. The SMILES string of the molecule is CC1=CC2(CC(C)(C)C1(O)C#C/C=C\C=O)OC(C)C(C)O2. The Morgan fingerprint density at radius 1 is 1.32 bits per heavy atom. The second-order valence-corrected chi connectivity index (χ2v) is 6.82. The summed E-state index contributed by atoms with van der Waals surface area (Å²) in [5.74, 6) is 4.83. The zero-order valence-electron chi connectivity index (χ0n) is 13.8. The fourth-order valence-corrected chi connectivity index (χ4v) is 3.26. The normalized spacial score (nSPS) is 40.4. The van der Waals surface area contributed by atoms with Gasteiger partial charge < -0.3 is 14.6 Å². The largest absolute Gasteiger partial charge is 0.373 e. The smallest absolute Gasteiger partial charge is 0.189 e. The van der Waals surface area contributed by atoms with Crippen LogP contribution in [0.15, 0.2) is 23.8 Å². The molecule has 4 heteroatoms. The van der Waals surface area contributed by atoms with Crippen LogP contribution in [0.3, 0.4) is 0 Å². The number of hydrogen-bond acceptors (Lipinski definition) is 4. The second-order valence-electron chi connectivity index (χ2n) is 6.82. The molecule has 0 aromatic carbocycles. The standard InChI is InChI=1S/C18H24O4/c1-13-11-17(21-14(2)15(3)22-17)12-16(4,5)18(13,20)9-7-6-8-10-19/h6,8,10-11,14-15,20H,12H2,1-5H3/b8-6-. The molecule has 1 spiro atoms. The summed E-state index contributed by atoms with van der Waals surface area (Å²) >= 11 is 0. The maximum absolute atomic E-state index is 11.1. The van der Waals surface area contributed by atoms with E-state index in [0.29, 0.717) is 18.3 Å². The molecule has 0 aromatic rings. The van der Waals surface area contributed by atoms with Gasteiger partial charge in [0.15, 0.2) is 11.4 Å². The van der Waals surface area contributed by atoms with Gasteiger partial charge in [-0.3, -0.25) is 4.79 Å². The summed E-state index contributed by atoms with van der Waals surface area (Å²) in [7, 11) is 0. The first-order valence-electron chi connectivity index (χ1n) is 7.57. The first-order valence-corrected chi connectivity index (χ1v) is 7.57. The van der Waals surface area contributed by atoms with Gasteiger partial charge in [-0.25, -0.2) is 0 Å². The lowest BCUT2D eigenvalue weighted by Gasteiger charge is -2.48. The molecule has 1 N–H and O–H groups in total. The van der Waals surface area contributed by atoms with Crippen molar-refractivity contribution in [2.24, 2.45) is 5.41 Å². The molecule has 1 aliphatic heterocycles. The molecule has 0 aromatic heterocycles. The third-order valence-electron chi connectivity index (χ3n) is 4.62. The lowest BCUT2D eigenvalue weighted by molar-refractivity contribution is -0.182. The number of aldehydes is 1. The van der Waals surface area contributed by atoms with Gasteiger partial charge >= 0.3 is 0 Å². The van der Waals surface area contributed by atoms with E-state index in [9.17, 15) is 9.90 Å². The number of aliphatic hydroxyl groups is 1.